The average molecular weight is 428 g/mol. The van der Waals surface area contributed by atoms with Crippen molar-refractivity contribution in [2.75, 3.05) is 11.9 Å². The Balaban J connectivity index is 1.38. The predicted molar refractivity (Wildman–Crippen MR) is 97.6 cm³/mol. The first-order chi connectivity index (χ1) is 11.9. The number of esters is 1. The number of nitrogens with zero attached hydrogens (tertiary/aromatic N) is 1. The molecular weight excluding hydrogens is 408 g/mol. The van der Waals surface area contributed by atoms with Crippen LogP contribution in [0.4, 0.5) is 5.69 Å². The summed E-state index contributed by atoms with van der Waals surface area (Å²) in [6.07, 6.45) is 7.68. The number of nitrogens with one attached hydrogen (secondary N) is 1. The molecule has 1 N–H and O–H groups in total. The van der Waals surface area contributed by atoms with Crippen molar-refractivity contribution in [1.29, 1.82) is 0 Å². The minimum Gasteiger partial charge on any atom is -0.455 e. The SMILES string of the molecule is O=C(COC(=O)C12C[C@@H]3C[C@@H](CC(Br)(C3)C1)C2)Nc1cccnc1Cl. The number of alkyl halides is 1. The Kier molecular flexibility index (Phi) is 4.31. The van der Waals surface area contributed by atoms with Gasteiger partial charge in [0.05, 0.1) is 11.1 Å². The number of hydrogen-bond donors (Lipinski definition) is 1. The standard InChI is InChI=1S/C18H20BrClN2O3/c19-18-7-11-4-12(8-18)6-17(5-11,10-18)16(24)25-9-14(23)22-13-2-1-3-21-15(13)20/h1-3,11-12H,4-10H2,(H,22,23)/t11-,12+,17?,18?. The highest BCUT2D eigenvalue weighted by Gasteiger charge is 2.60. The quantitative estimate of drug-likeness (QED) is 0.449. The monoisotopic (exact) mass is 426 g/mol. The molecule has 0 saturated heterocycles. The summed E-state index contributed by atoms with van der Waals surface area (Å²) in [7, 11) is 0. The number of halogens is 2. The van der Waals surface area contributed by atoms with E-state index in [2.05, 4.69) is 26.2 Å². The van der Waals surface area contributed by atoms with Crippen molar-refractivity contribution in [2.45, 2.75) is 42.8 Å². The van der Waals surface area contributed by atoms with E-state index in [0.29, 0.717) is 17.5 Å². The zero-order chi connectivity index (χ0) is 17.7. The molecule has 0 aromatic carbocycles. The van der Waals surface area contributed by atoms with Crippen molar-refractivity contribution in [3.8, 4) is 0 Å². The molecule has 5 rings (SSSR count). The van der Waals surface area contributed by atoms with E-state index in [0.717, 1.165) is 32.1 Å². The number of hydrogen-bond acceptors (Lipinski definition) is 4. The number of anilines is 1. The van der Waals surface area contributed by atoms with Gasteiger partial charge in [-0.15, -0.1) is 0 Å². The Labute approximate surface area is 160 Å². The van der Waals surface area contributed by atoms with Crippen molar-refractivity contribution in [1.82, 2.24) is 4.98 Å². The molecule has 7 heteroatoms. The molecule has 4 aliphatic rings. The summed E-state index contributed by atoms with van der Waals surface area (Å²) in [6, 6.07) is 3.33. The Hall–Kier alpha value is -1.14. The molecule has 4 saturated carbocycles. The van der Waals surface area contributed by atoms with Crippen LogP contribution in [-0.2, 0) is 14.3 Å². The third-order valence-corrected chi connectivity index (χ3v) is 7.02. The highest BCUT2D eigenvalue weighted by atomic mass is 79.9. The molecule has 0 radical (unpaired) electrons. The van der Waals surface area contributed by atoms with E-state index in [1.54, 1.807) is 18.3 Å². The Morgan fingerprint density at radius 2 is 2.04 bits per heavy atom. The molecule has 4 fully saturated rings. The maximum atomic E-state index is 12.8. The third-order valence-electron chi connectivity index (χ3n) is 5.79. The van der Waals surface area contributed by atoms with Crippen LogP contribution in [0.25, 0.3) is 0 Å². The Morgan fingerprint density at radius 1 is 1.32 bits per heavy atom. The molecule has 1 aromatic rings. The van der Waals surface area contributed by atoms with Gasteiger partial charge in [-0.05, 0) is 62.5 Å². The number of aromatic nitrogens is 1. The molecule has 0 aliphatic heterocycles. The fourth-order valence-corrected chi connectivity index (χ4v) is 6.96. The van der Waals surface area contributed by atoms with Gasteiger partial charge in [-0.1, -0.05) is 27.5 Å². The van der Waals surface area contributed by atoms with Gasteiger partial charge in [0.2, 0.25) is 0 Å². The lowest BCUT2D eigenvalue weighted by Gasteiger charge is -2.58. The van der Waals surface area contributed by atoms with Gasteiger partial charge in [-0.2, -0.15) is 0 Å². The van der Waals surface area contributed by atoms with Crippen molar-refractivity contribution in [2.24, 2.45) is 17.3 Å². The van der Waals surface area contributed by atoms with E-state index in [4.69, 9.17) is 16.3 Å². The van der Waals surface area contributed by atoms with Crippen LogP contribution in [-0.4, -0.2) is 27.8 Å². The number of amides is 1. The number of carbonyl (C=O) groups is 2. The van der Waals surface area contributed by atoms with Crippen LogP contribution in [0.5, 0.6) is 0 Å². The maximum Gasteiger partial charge on any atom is 0.312 e. The van der Waals surface area contributed by atoms with E-state index in [1.165, 1.54) is 6.42 Å². The van der Waals surface area contributed by atoms with Crippen LogP contribution >= 0.6 is 27.5 Å². The van der Waals surface area contributed by atoms with Crippen LogP contribution in [0.2, 0.25) is 5.15 Å². The van der Waals surface area contributed by atoms with E-state index in [9.17, 15) is 9.59 Å². The van der Waals surface area contributed by atoms with E-state index >= 15 is 0 Å². The van der Waals surface area contributed by atoms with E-state index in [-0.39, 0.29) is 22.1 Å². The van der Waals surface area contributed by atoms with Crippen molar-refractivity contribution >= 4 is 45.1 Å². The molecule has 0 spiro atoms. The van der Waals surface area contributed by atoms with Gasteiger partial charge in [0, 0.05) is 10.5 Å². The molecule has 1 amide bonds. The van der Waals surface area contributed by atoms with Crippen LogP contribution in [0.1, 0.15) is 38.5 Å². The van der Waals surface area contributed by atoms with Gasteiger partial charge < -0.3 is 10.1 Å². The van der Waals surface area contributed by atoms with Gasteiger partial charge >= 0.3 is 5.97 Å². The minimum atomic E-state index is -0.417. The summed E-state index contributed by atoms with van der Waals surface area (Å²) in [5.74, 6) is 0.562. The van der Waals surface area contributed by atoms with E-state index in [1.807, 2.05) is 0 Å². The second-order valence-electron chi connectivity index (χ2n) is 7.86. The Morgan fingerprint density at radius 3 is 2.68 bits per heavy atom. The van der Waals surface area contributed by atoms with Crippen molar-refractivity contribution in [3.05, 3.63) is 23.5 Å². The van der Waals surface area contributed by atoms with Crippen LogP contribution < -0.4 is 5.32 Å². The second-order valence-corrected chi connectivity index (χ2v) is 9.90. The molecule has 5 nitrogen and oxygen atoms in total. The molecule has 1 heterocycles. The molecule has 25 heavy (non-hydrogen) atoms. The lowest BCUT2D eigenvalue weighted by molar-refractivity contribution is -0.170. The fourth-order valence-electron chi connectivity index (χ4n) is 5.34. The summed E-state index contributed by atoms with van der Waals surface area (Å²) in [5, 5.41) is 2.84. The number of pyridine rings is 1. The van der Waals surface area contributed by atoms with E-state index < -0.39 is 11.3 Å². The topological polar surface area (TPSA) is 68.3 Å². The molecule has 134 valence electrons. The van der Waals surface area contributed by atoms with Crippen molar-refractivity contribution < 1.29 is 14.3 Å². The summed E-state index contributed by atoms with van der Waals surface area (Å²) < 4.78 is 5.50. The number of rotatable bonds is 4. The second kappa shape index (κ2) is 6.23. The Bertz CT molecular complexity index is 712. The summed E-state index contributed by atoms with van der Waals surface area (Å²) >= 11 is 9.80. The first kappa shape index (κ1) is 17.3. The zero-order valence-electron chi connectivity index (χ0n) is 13.8. The molecule has 2 unspecified atom stereocenters. The minimum absolute atomic E-state index is 0.0849. The highest BCUT2D eigenvalue weighted by Crippen LogP contribution is 2.64. The fraction of sp³-hybridized carbons (Fsp3) is 0.611. The van der Waals surface area contributed by atoms with Gasteiger partial charge in [0.1, 0.15) is 0 Å². The molecule has 1 aromatic heterocycles. The van der Waals surface area contributed by atoms with Crippen LogP contribution in [0, 0.1) is 17.3 Å². The van der Waals surface area contributed by atoms with Crippen molar-refractivity contribution in [3.63, 3.8) is 0 Å². The largest absolute Gasteiger partial charge is 0.455 e. The number of carbonyl (C=O) groups excluding carboxylic acids is 2. The van der Waals surface area contributed by atoms with Crippen LogP contribution in [0.15, 0.2) is 18.3 Å². The predicted octanol–water partition coefficient (Wildman–Crippen LogP) is 3.95. The summed E-state index contributed by atoms with van der Waals surface area (Å²) in [4.78, 5) is 28.8. The third kappa shape index (κ3) is 3.31. The molecule has 4 aliphatic carbocycles. The lowest BCUT2D eigenvalue weighted by Crippen LogP contribution is -2.56. The summed E-state index contributed by atoms with van der Waals surface area (Å²) in [5.41, 5.74) is -0.000714. The molecule has 4 atom stereocenters. The smallest absolute Gasteiger partial charge is 0.312 e. The van der Waals surface area contributed by atoms with Gasteiger partial charge in [-0.25, -0.2) is 4.98 Å². The normalized spacial score (nSPS) is 35.4. The molecule has 4 bridgehead atoms. The van der Waals surface area contributed by atoms with Gasteiger partial charge in [0.15, 0.2) is 11.8 Å². The van der Waals surface area contributed by atoms with Crippen LogP contribution in [0.3, 0.4) is 0 Å². The molecular formula is C18H20BrClN2O3. The maximum absolute atomic E-state index is 12.8. The summed E-state index contributed by atoms with van der Waals surface area (Å²) in [6.45, 7) is -0.295. The lowest BCUT2D eigenvalue weighted by atomic mass is 9.49. The highest BCUT2D eigenvalue weighted by molar-refractivity contribution is 9.10. The first-order valence-electron chi connectivity index (χ1n) is 8.64. The van der Waals surface area contributed by atoms with Gasteiger partial charge in [-0.3, -0.25) is 9.59 Å². The number of ether oxygens (including phenoxy) is 1. The average Bonchev–Trinajstić information content (AvgIpc) is 2.52. The zero-order valence-corrected chi connectivity index (χ0v) is 16.1. The van der Waals surface area contributed by atoms with Gasteiger partial charge in [0.25, 0.3) is 5.91 Å². The first-order valence-corrected chi connectivity index (χ1v) is 9.81.